The van der Waals surface area contributed by atoms with E-state index in [1.54, 1.807) is 7.05 Å². The Morgan fingerprint density at radius 3 is 2.85 bits per heavy atom. The standard InChI is InChI=1S/C12H12N4O2S2/c1-8-3-4-11-10(5-8)14-12(19-11)20(17,18)7-9-6-13-16(2)15-9/h3-6H,7H2,1-2H3. The van der Waals surface area contributed by atoms with E-state index < -0.39 is 9.84 Å². The zero-order valence-electron chi connectivity index (χ0n) is 10.9. The summed E-state index contributed by atoms with van der Waals surface area (Å²) in [6.07, 6.45) is 1.45. The highest BCUT2D eigenvalue weighted by Gasteiger charge is 2.21. The summed E-state index contributed by atoms with van der Waals surface area (Å²) in [5.74, 6) is -0.181. The maximum atomic E-state index is 12.3. The minimum Gasteiger partial charge on any atom is -0.225 e. The molecule has 1 aromatic carbocycles. The van der Waals surface area contributed by atoms with Crippen molar-refractivity contribution >= 4 is 31.4 Å². The van der Waals surface area contributed by atoms with Gasteiger partial charge in [0, 0.05) is 7.05 Å². The number of fused-ring (bicyclic) bond motifs is 1. The molecule has 6 nitrogen and oxygen atoms in total. The Kier molecular flexibility index (Phi) is 3.06. The van der Waals surface area contributed by atoms with Gasteiger partial charge in [-0.05, 0) is 24.6 Å². The number of sulfone groups is 1. The first kappa shape index (κ1) is 13.2. The maximum Gasteiger partial charge on any atom is 0.211 e. The highest BCUT2D eigenvalue weighted by Crippen LogP contribution is 2.27. The molecule has 0 aliphatic rings. The van der Waals surface area contributed by atoms with Crippen LogP contribution in [0.1, 0.15) is 11.3 Å². The second-order valence-electron chi connectivity index (χ2n) is 4.54. The first-order valence-corrected chi connectivity index (χ1v) is 8.36. The molecule has 0 saturated carbocycles. The molecular weight excluding hydrogens is 296 g/mol. The van der Waals surface area contributed by atoms with Crippen LogP contribution in [-0.4, -0.2) is 28.4 Å². The smallest absolute Gasteiger partial charge is 0.211 e. The van der Waals surface area contributed by atoms with E-state index in [1.807, 2.05) is 25.1 Å². The predicted molar refractivity (Wildman–Crippen MR) is 76.2 cm³/mol. The monoisotopic (exact) mass is 308 g/mol. The summed E-state index contributed by atoms with van der Waals surface area (Å²) >= 11 is 1.18. The van der Waals surface area contributed by atoms with E-state index in [0.29, 0.717) is 11.2 Å². The molecule has 0 aliphatic heterocycles. The molecule has 104 valence electrons. The molecule has 20 heavy (non-hydrogen) atoms. The van der Waals surface area contributed by atoms with Crippen molar-refractivity contribution < 1.29 is 8.42 Å². The summed E-state index contributed by atoms with van der Waals surface area (Å²) < 4.78 is 25.7. The van der Waals surface area contributed by atoms with Gasteiger partial charge in [0.05, 0.1) is 22.1 Å². The topological polar surface area (TPSA) is 77.7 Å². The predicted octanol–water partition coefficient (Wildman–Crippen LogP) is 1.71. The van der Waals surface area contributed by atoms with Gasteiger partial charge in [0.2, 0.25) is 14.2 Å². The molecule has 2 heterocycles. The molecule has 0 bridgehead atoms. The van der Waals surface area contributed by atoms with Gasteiger partial charge in [-0.2, -0.15) is 15.0 Å². The molecule has 8 heteroatoms. The zero-order valence-corrected chi connectivity index (χ0v) is 12.6. The lowest BCUT2D eigenvalue weighted by Crippen LogP contribution is -2.05. The van der Waals surface area contributed by atoms with Crippen molar-refractivity contribution in [1.29, 1.82) is 0 Å². The van der Waals surface area contributed by atoms with Gasteiger partial charge in [0.15, 0.2) is 0 Å². The Bertz CT molecular complexity index is 880. The first-order valence-electron chi connectivity index (χ1n) is 5.89. The summed E-state index contributed by atoms with van der Waals surface area (Å²) in [4.78, 5) is 5.56. The SMILES string of the molecule is Cc1ccc2sc(S(=O)(=O)Cc3cnn(C)n3)nc2c1. The van der Waals surface area contributed by atoms with Crippen molar-refractivity contribution in [3.8, 4) is 0 Å². The Labute approximate surface area is 120 Å². The number of benzene rings is 1. The summed E-state index contributed by atoms with van der Waals surface area (Å²) in [6, 6.07) is 5.72. The van der Waals surface area contributed by atoms with Crippen LogP contribution in [0.15, 0.2) is 28.7 Å². The van der Waals surface area contributed by atoms with Crippen molar-refractivity contribution in [3.05, 3.63) is 35.7 Å². The quantitative estimate of drug-likeness (QED) is 0.736. The molecule has 2 aromatic heterocycles. The van der Waals surface area contributed by atoms with E-state index in [0.717, 1.165) is 10.3 Å². The number of thiazole rings is 1. The summed E-state index contributed by atoms with van der Waals surface area (Å²) in [7, 11) is -1.83. The molecule has 0 saturated heterocycles. The van der Waals surface area contributed by atoms with Crippen molar-refractivity contribution in [2.45, 2.75) is 17.0 Å². The fraction of sp³-hybridized carbons (Fsp3) is 0.250. The van der Waals surface area contributed by atoms with Crippen LogP contribution >= 0.6 is 11.3 Å². The molecule has 3 rings (SSSR count). The number of hydrogen-bond acceptors (Lipinski definition) is 6. The highest BCUT2D eigenvalue weighted by atomic mass is 32.2. The van der Waals surface area contributed by atoms with E-state index in [4.69, 9.17) is 0 Å². The van der Waals surface area contributed by atoms with Gasteiger partial charge < -0.3 is 0 Å². The molecular formula is C12H12N4O2S2. The second kappa shape index (κ2) is 4.64. The normalized spacial score (nSPS) is 12.1. The average Bonchev–Trinajstić information content (AvgIpc) is 2.95. The molecule has 0 radical (unpaired) electrons. The molecule has 0 N–H and O–H groups in total. The Morgan fingerprint density at radius 2 is 2.15 bits per heavy atom. The number of aromatic nitrogens is 4. The number of aryl methyl sites for hydroxylation is 2. The Morgan fingerprint density at radius 1 is 1.35 bits per heavy atom. The highest BCUT2D eigenvalue weighted by molar-refractivity contribution is 7.92. The fourth-order valence-electron chi connectivity index (χ4n) is 1.86. The van der Waals surface area contributed by atoms with Crippen LogP contribution in [0.3, 0.4) is 0 Å². The number of rotatable bonds is 3. The minimum absolute atomic E-state index is 0.128. The van der Waals surface area contributed by atoms with Gasteiger partial charge in [-0.25, -0.2) is 13.4 Å². The first-order chi connectivity index (χ1) is 9.44. The third-order valence-electron chi connectivity index (χ3n) is 2.77. The third-order valence-corrected chi connectivity index (χ3v) is 5.92. The van der Waals surface area contributed by atoms with Crippen molar-refractivity contribution in [2.75, 3.05) is 0 Å². The second-order valence-corrected chi connectivity index (χ2v) is 7.73. The van der Waals surface area contributed by atoms with E-state index in [1.165, 1.54) is 22.3 Å². The largest absolute Gasteiger partial charge is 0.225 e. The maximum absolute atomic E-state index is 12.3. The van der Waals surface area contributed by atoms with Gasteiger partial charge >= 0.3 is 0 Å². The van der Waals surface area contributed by atoms with E-state index >= 15 is 0 Å². The molecule has 0 unspecified atom stereocenters. The zero-order chi connectivity index (χ0) is 14.3. The van der Waals surface area contributed by atoms with Crippen LogP contribution in [0.25, 0.3) is 10.2 Å². The Balaban J connectivity index is 2.00. The number of nitrogens with zero attached hydrogens (tertiary/aromatic N) is 4. The molecule has 0 fully saturated rings. The van der Waals surface area contributed by atoms with Crippen LogP contribution in [0.5, 0.6) is 0 Å². The summed E-state index contributed by atoms with van der Waals surface area (Å²) in [5.41, 5.74) is 2.19. The molecule has 3 aromatic rings. The Hall–Kier alpha value is -1.80. The van der Waals surface area contributed by atoms with Gasteiger partial charge in [0.1, 0.15) is 5.75 Å². The summed E-state index contributed by atoms with van der Waals surface area (Å²) in [5, 5.41) is 7.87. The van der Waals surface area contributed by atoms with Crippen LogP contribution in [0.4, 0.5) is 0 Å². The van der Waals surface area contributed by atoms with Gasteiger partial charge in [-0.3, -0.25) is 0 Å². The van der Waals surface area contributed by atoms with Crippen molar-refractivity contribution in [1.82, 2.24) is 20.0 Å². The van der Waals surface area contributed by atoms with Crippen LogP contribution in [-0.2, 0) is 22.6 Å². The third kappa shape index (κ3) is 2.44. The van der Waals surface area contributed by atoms with Gasteiger partial charge in [0.25, 0.3) is 0 Å². The van der Waals surface area contributed by atoms with Crippen molar-refractivity contribution in [2.24, 2.45) is 7.05 Å². The molecule has 0 aliphatic carbocycles. The van der Waals surface area contributed by atoms with E-state index in [-0.39, 0.29) is 10.1 Å². The van der Waals surface area contributed by atoms with E-state index in [9.17, 15) is 8.42 Å². The van der Waals surface area contributed by atoms with Crippen LogP contribution < -0.4 is 0 Å². The van der Waals surface area contributed by atoms with Crippen LogP contribution in [0.2, 0.25) is 0 Å². The lowest BCUT2D eigenvalue weighted by Gasteiger charge is -1.96. The fourth-order valence-corrected chi connectivity index (χ4v) is 4.37. The van der Waals surface area contributed by atoms with Crippen molar-refractivity contribution in [3.63, 3.8) is 0 Å². The summed E-state index contributed by atoms with van der Waals surface area (Å²) in [6.45, 7) is 1.95. The van der Waals surface area contributed by atoms with Gasteiger partial charge in [-0.1, -0.05) is 6.07 Å². The van der Waals surface area contributed by atoms with E-state index in [2.05, 4.69) is 15.2 Å². The molecule has 0 amide bonds. The number of hydrogen-bond donors (Lipinski definition) is 0. The minimum atomic E-state index is -3.48. The lowest BCUT2D eigenvalue weighted by atomic mass is 10.2. The molecule has 0 atom stereocenters. The van der Waals surface area contributed by atoms with Crippen LogP contribution in [0, 0.1) is 6.92 Å². The molecule has 0 spiro atoms. The average molecular weight is 308 g/mol. The van der Waals surface area contributed by atoms with Gasteiger partial charge in [-0.15, -0.1) is 11.3 Å². The lowest BCUT2D eigenvalue weighted by molar-refractivity contribution is 0.592.